The Morgan fingerprint density at radius 2 is 1.69 bits per heavy atom. The molecule has 6 nitrogen and oxygen atoms in total. The van der Waals surface area contributed by atoms with Gasteiger partial charge in [0.25, 0.3) is 11.8 Å². The van der Waals surface area contributed by atoms with Crippen molar-refractivity contribution in [2.24, 2.45) is 0 Å². The standard InChI is InChI=1S/C20H21Cl2N3O3S/c1-20(2,3)12-4-7-14(8-5-12)28-11-17(26)23-19(29)25-24-18(27)15-9-6-13(21)10-16(15)22/h4-10H,11H2,1-3H3,(H,24,27)(H2,23,25,26,29). The topological polar surface area (TPSA) is 79.5 Å². The Kier molecular flexibility index (Phi) is 7.84. The van der Waals surface area contributed by atoms with Gasteiger partial charge in [-0.1, -0.05) is 56.1 Å². The molecule has 0 heterocycles. The van der Waals surface area contributed by atoms with Gasteiger partial charge in [-0.05, 0) is 53.5 Å². The van der Waals surface area contributed by atoms with Crippen molar-refractivity contribution in [1.29, 1.82) is 0 Å². The first-order valence-corrected chi connectivity index (χ1v) is 9.81. The van der Waals surface area contributed by atoms with Crippen LogP contribution in [0.15, 0.2) is 42.5 Å². The van der Waals surface area contributed by atoms with Crippen molar-refractivity contribution in [3.63, 3.8) is 0 Å². The number of carbonyl (C=O) groups is 2. The summed E-state index contributed by atoms with van der Waals surface area (Å²) in [5.74, 6) is -0.433. The summed E-state index contributed by atoms with van der Waals surface area (Å²) in [5, 5.41) is 2.93. The molecule has 0 radical (unpaired) electrons. The third kappa shape index (κ3) is 7.20. The predicted molar refractivity (Wildman–Crippen MR) is 118 cm³/mol. The minimum Gasteiger partial charge on any atom is -0.484 e. The largest absolute Gasteiger partial charge is 0.484 e. The molecule has 3 N–H and O–H groups in total. The van der Waals surface area contributed by atoms with Crippen LogP contribution < -0.4 is 20.9 Å². The second kappa shape index (κ2) is 9.91. The molecule has 0 aliphatic heterocycles. The predicted octanol–water partition coefficient (Wildman–Crippen LogP) is 4.01. The molecule has 2 rings (SSSR count). The van der Waals surface area contributed by atoms with Crippen molar-refractivity contribution in [2.75, 3.05) is 6.61 Å². The SMILES string of the molecule is CC(C)(C)c1ccc(OCC(=O)NC(=S)NNC(=O)c2ccc(Cl)cc2Cl)cc1. The molecule has 2 aromatic rings. The highest BCUT2D eigenvalue weighted by Crippen LogP contribution is 2.24. The van der Waals surface area contributed by atoms with Crippen LogP contribution in [-0.2, 0) is 10.2 Å². The third-order valence-corrected chi connectivity index (χ3v) is 4.56. The van der Waals surface area contributed by atoms with E-state index in [1.807, 2.05) is 12.1 Å². The summed E-state index contributed by atoms with van der Waals surface area (Å²) in [6.07, 6.45) is 0. The van der Waals surface area contributed by atoms with E-state index in [1.165, 1.54) is 18.2 Å². The van der Waals surface area contributed by atoms with Crippen LogP contribution in [0.4, 0.5) is 0 Å². The number of benzene rings is 2. The van der Waals surface area contributed by atoms with E-state index in [4.69, 9.17) is 40.2 Å². The maximum atomic E-state index is 12.1. The van der Waals surface area contributed by atoms with Gasteiger partial charge in [0.15, 0.2) is 11.7 Å². The van der Waals surface area contributed by atoms with Gasteiger partial charge in [0, 0.05) is 5.02 Å². The quantitative estimate of drug-likeness (QED) is 0.481. The normalized spacial score (nSPS) is 10.8. The lowest BCUT2D eigenvalue weighted by molar-refractivity contribution is -0.121. The number of ether oxygens (including phenoxy) is 1. The fourth-order valence-electron chi connectivity index (χ4n) is 2.25. The first kappa shape index (κ1) is 22.9. The van der Waals surface area contributed by atoms with E-state index < -0.39 is 11.8 Å². The zero-order valence-corrected chi connectivity index (χ0v) is 18.5. The minimum atomic E-state index is -0.529. The fraction of sp³-hybridized carbons (Fsp3) is 0.250. The van der Waals surface area contributed by atoms with Gasteiger partial charge in [-0.25, -0.2) is 0 Å². The Morgan fingerprint density at radius 3 is 2.28 bits per heavy atom. The minimum absolute atomic E-state index is 0.0361. The summed E-state index contributed by atoms with van der Waals surface area (Å²) in [6, 6.07) is 12.0. The van der Waals surface area contributed by atoms with Crippen molar-refractivity contribution >= 4 is 52.3 Å². The molecule has 0 aliphatic rings. The lowest BCUT2D eigenvalue weighted by Crippen LogP contribution is -2.49. The van der Waals surface area contributed by atoms with Crippen LogP contribution in [0.3, 0.4) is 0 Å². The Morgan fingerprint density at radius 1 is 1.03 bits per heavy atom. The molecule has 0 unspecified atom stereocenters. The average Bonchev–Trinajstić information content (AvgIpc) is 2.64. The van der Waals surface area contributed by atoms with Gasteiger partial charge in [0.1, 0.15) is 5.75 Å². The molecule has 0 spiro atoms. The molecule has 9 heteroatoms. The van der Waals surface area contributed by atoms with Crippen molar-refractivity contribution in [3.05, 3.63) is 63.6 Å². The number of nitrogens with one attached hydrogen (secondary N) is 3. The van der Waals surface area contributed by atoms with Gasteiger partial charge < -0.3 is 4.74 Å². The molecule has 0 atom stereocenters. The molecule has 0 aliphatic carbocycles. The number of rotatable bonds is 4. The number of hydrogen-bond acceptors (Lipinski definition) is 4. The van der Waals surface area contributed by atoms with Crippen molar-refractivity contribution < 1.29 is 14.3 Å². The van der Waals surface area contributed by atoms with Gasteiger partial charge in [0.05, 0.1) is 10.6 Å². The molecule has 154 valence electrons. The number of thiocarbonyl (C=S) groups is 1. The van der Waals surface area contributed by atoms with Crippen molar-refractivity contribution in [2.45, 2.75) is 26.2 Å². The van der Waals surface area contributed by atoms with E-state index in [0.717, 1.165) is 5.56 Å². The zero-order chi connectivity index (χ0) is 21.6. The Hall–Kier alpha value is -2.35. The monoisotopic (exact) mass is 453 g/mol. The summed E-state index contributed by atoms with van der Waals surface area (Å²) >= 11 is 16.7. The van der Waals surface area contributed by atoms with Gasteiger partial charge in [-0.2, -0.15) is 0 Å². The highest BCUT2D eigenvalue weighted by molar-refractivity contribution is 7.80. The lowest BCUT2D eigenvalue weighted by Gasteiger charge is -2.19. The van der Waals surface area contributed by atoms with E-state index in [0.29, 0.717) is 10.8 Å². The van der Waals surface area contributed by atoms with E-state index in [2.05, 4.69) is 36.9 Å². The molecule has 0 aromatic heterocycles. The van der Waals surface area contributed by atoms with E-state index in [1.54, 1.807) is 12.1 Å². The maximum Gasteiger partial charge on any atom is 0.271 e. The molecule has 2 aromatic carbocycles. The lowest BCUT2D eigenvalue weighted by atomic mass is 9.87. The summed E-state index contributed by atoms with van der Waals surface area (Å²) in [5.41, 5.74) is 6.18. The zero-order valence-electron chi connectivity index (χ0n) is 16.1. The Balaban J connectivity index is 1.77. The Bertz CT molecular complexity index is 912. The summed E-state index contributed by atoms with van der Waals surface area (Å²) in [4.78, 5) is 24.0. The highest BCUT2D eigenvalue weighted by Gasteiger charge is 2.14. The van der Waals surface area contributed by atoms with E-state index in [-0.39, 0.29) is 27.7 Å². The van der Waals surface area contributed by atoms with E-state index >= 15 is 0 Å². The average molecular weight is 454 g/mol. The smallest absolute Gasteiger partial charge is 0.271 e. The molecule has 2 amide bonds. The Labute approximate surface area is 184 Å². The number of carbonyl (C=O) groups excluding carboxylic acids is 2. The number of amides is 2. The van der Waals surface area contributed by atoms with Crippen LogP contribution in [0.2, 0.25) is 10.0 Å². The molecule has 0 fully saturated rings. The summed E-state index contributed by atoms with van der Waals surface area (Å²) < 4.78 is 5.44. The maximum absolute atomic E-state index is 12.1. The van der Waals surface area contributed by atoms with Crippen LogP contribution in [0.5, 0.6) is 5.75 Å². The van der Waals surface area contributed by atoms with Crippen LogP contribution in [0.25, 0.3) is 0 Å². The van der Waals surface area contributed by atoms with Crippen LogP contribution in [-0.4, -0.2) is 23.5 Å². The molecule has 0 saturated carbocycles. The van der Waals surface area contributed by atoms with Crippen LogP contribution in [0.1, 0.15) is 36.7 Å². The fourth-order valence-corrected chi connectivity index (χ4v) is 2.91. The number of halogens is 2. The van der Waals surface area contributed by atoms with Gasteiger partial charge in [-0.15, -0.1) is 0 Å². The highest BCUT2D eigenvalue weighted by atomic mass is 35.5. The number of hydrazine groups is 1. The van der Waals surface area contributed by atoms with Gasteiger partial charge in [0.2, 0.25) is 0 Å². The summed E-state index contributed by atoms with van der Waals surface area (Å²) in [6.45, 7) is 6.12. The van der Waals surface area contributed by atoms with Crippen LogP contribution >= 0.6 is 35.4 Å². The molecule has 0 bridgehead atoms. The summed E-state index contributed by atoms with van der Waals surface area (Å²) in [7, 11) is 0. The van der Waals surface area contributed by atoms with Crippen molar-refractivity contribution in [1.82, 2.24) is 16.2 Å². The molecular formula is C20H21Cl2N3O3S. The van der Waals surface area contributed by atoms with Gasteiger partial charge in [-0.3, -0.25) is 25.8 Å². The van der Waals surface area contributed by atoms with Crippen LogP contribution in [0, 0.1) is 0 Å². The number of hydrogen-bond donors (Lipinski definition) is 3. The van der Waals surface area contributed by atoms with Crippen molar-refractivity contribution in [3.8, 4) is 5.75 Å². The van der Waals surface area contributed by atoms with E-state index in [9.17, 15) is 9.59 Å². The second-order valence-corrected chi connectivity index (χ2v) is 8.40. The molecule has 0 saturated heterocycles. The molecule has 29 heavy (non-hydrogen) atoms. The third-order valence-electron chi connectivity index (χ3n) is 3.81. The first-order chi connectivity index (χ1) is 13.6. The second-order valence-electron chi connectivity index (χ2n) is 7.14. The van der Waals surface area contributed by atoms with Gasteiger partial charge >= 0.3 is 0 Å². The molecular weight excluding hydrogens is 433 g/mol. The first-order valence-electron chi connectivity index (χ1n) is 8.65.